The van der Waals surface area contributed by atoms with Crippen LogP contribution in [0.2, 0.25) is 0 Å². The molecule has 0 N–H and O–H groups in total. The molecule has 0 amide bonds. The Morgan fingerprint density at radius 2 is 1.00 bits per heavy atom. The van der Waals surface area contributed by atoms with E-state index in [1.807, 2.05) is 0 Å². The first-order chi connectivity index (χ1) is 0. The van der Waals surface area contributed by atoms with Crippen LogP contribution in [0.4, 0.5) is 0 Å². The van der Waals surface area contributed by atoms with Crippen molar-refractivity contribution >= 4 is 59.3 Å². The Balaban J connectivity index is 0. The fourth-order valence-electron chi connectivity index (χ4n) is 0. The monoisotopic (exact) mass is 157 g/mol. The summed E-state index contributed by atoms with van der Waals surface area (Å²) < 4.78 is 0. The predicted octanol–water partition coefficient (Wildman–Crippen LogP) is -2.75. The normalized spacial score (nSPS) is 0. The van der Waals surface area contributed by atoms with Crippen LogP contribution in [0, 0.1) is 0 Å². The maximum absolute atomic E-state index is 0. The minimum absolute atomic E-state index is 0. The van der Waals surface area contributed by atoms with Gasteiger partial charge in [0.05, 0.1) is 0 Å². The summed E-state index contributed by atoms with van der Waals surface area (Å²) in [4.78, 5) is 0. The van der Waals surface area contributed by atoms with Gasteiger partial charge in [-0.05, 0) is 0 Å². The topological polar surface area (TPSA) is 0 Å². The molecule has 5 heteroatoms. The molecule has 0 heterocycles. The van der Waals surface area contributed by atoms with Gasteiger partial charge in [0.25, 0.3) is 0 Å². The summed E-state index contributed by atoms with van der Waals surface area (Å²) in [5.74, 6) is 0. The molecule has 19 valence electrons. The third-order valence-electron chi connectivity index (χ3n) is 0. The first kappa shape index (κ1) is 39.2. The van der Waals surface area contributed by atoms with E-state index in [1.54, 1.807) is 0 Å². The molecule has 0 aliphatic carbocycles. The molecule has 0 nitrogen and oxygen atoms in total. The van der Waals surface area contributed by atoms with E-state index in [0.29, 0.717) is 0 Å². The number of hydrogen-bond donors (Lipinski definition) is 0. The van der Waals surface area contributed by atoms with Crippen molar-refractivity contribution in [2.75, 3.05) is 0 Å². The Labute approximate surface area is 105 Å². The molecule has 0 atom stereocenters. The Kier molecular flexibility index (Phi) is 203. The largest absolute Gasteiger partial charge is 0.316 e. The van der Waals surface area contributed by atoms with Crippen LogP contribution in [0.5, 0.6) is 0 Å². The molecule has 0 saturated heterocycles. The van der Waals surface area contributed by atoms with Gasteiger partial charge in [0, 0.05) is 47.6 Å². The number of rotatable bonds is 0. The third-order valence-corrected chi connectivity index (χ3v) is 0. The maximum atomic E-state index is 0. The van der Waals surface area contributed by atoms with Crippen molar-refractivity contribution in [3.63, 3.8) is 0 Å². The molecule has 0 saturated carbocycles. The summed E-state index contributed by atoms with van der Waals surface area (Å²) in [5.41, 5.74) is 0. The molecule has 5 heavy (non-hydrogen) atoms. The van der Waals surface area contributed by atoms with Gasteiger partial charge >= 0.3 is 41.9 Å². The van der Waals surface area contributed by atoms with Crippen molar-refractivity contribution in [2.45, 2.75) is 0 Å². The summed E-state index contributed by atoms with van der Waals surface area (Å²) in [7, 11) is 0. The van der Waals surface area contributed by atoms with Gasteiger partial charge < -0.3 is 0 Å². The number of hydrogen-bond acceptors (Lipinski definition) is 0. The summed E-state index contributed by atoms with van der Waals surface area (Å²) in [6, 6.07) is 0. The molecule has 1 radical (unpaired) electrons. The van der Waals surface area contributed by atoms with Crippen LogP contribution in [-0.2, 0) is 47.6 Å². The average Bonchev–Trinajstić information content (AvgIpc) is 0. The molecule has 0 aliphatic rings. The smallest absolute Gasteiger partial charge is 0 e. The van der Waals surface area contributed by atoms with E-state index in [1.165, 1.54) is 0 Å². The van der Waals surface area contributed by atoms with Crippen LogP contribution in [0.1, 0.15) is 0 Å². The van der Waals surface area contributed by atoms with E-state index in [9.17, 15) is 0 Å². The van der Waals surface area contributed by atoms with Gasteiger partial charge in [0.15, 0.2) is 17.4 Å². The van der Waals surface area contributed by atoms with Crippen LogP contribution in [0.15, 0.2) is 0 Å². The Bertz CT molecular complexity index is 11.6. The molecule has 0 fully saturated rings. The standard InChI is InChI=1S/Al.Li.Mg.Sc.Ti.6H. The van der Waals surface area contributed by atoms with Gasteiger partial charge in [-0.15, -0.1) is 0 Å². The van der Waals surface area contributed by atoms with Crippen molar-refractivity contribution in [1.82, 2.24) is 0 Å². The molecule has 0 aromatic carbocycles. The zero-order valence-corrected chi connectivity index (χ0v) is 4.44. The van der Waals surface area contributed by atoms with E-state index in [2.05, 4.69) is 0 Å². The first-order valence-corrected chi connectivity index (χ1v) is 0. The van der Waals surface area contributed by atoms with Crippen LogP contribution in [0.25, 0.3) is 0 Å². The van der Waals surface area contributed by atoms with Gasteiger partial charge in [-0.2, -0.15) is 0 Å². The van der Waals surface area contributed by atoms with E-state index in [0.717, 1.165) is 0 Å². The van der Waals surface area contributed by atoms with Crippen molar-refractivity contribution < 1.29 is 47.6 Å². The predicted molar refractivity (Wildman–Crippen MR) is 25.6 cm³/mol. The summed E-state index contributed by atoms with van der Waals surface area (Å²) in [6.45, 7) is 0. The third kappa shape index (κ3) is 18.5. The van der Waals surface area contributed by atoms with E-state index in [4.69, 9.17) is 0 Å². The molecule has 0 aliphatic heterocycles. The summed E-state index contributed by atoms with van der Waals surface area (Å²) >= 11 is 0. The SMILES string of the molecule is [AlH3].[LiH].[MgH2].[Sc].[Ti]. The first-order valence-electron chi connectivity index (χ1n) is 0. The van der Waals surface area contributed by atoms with Gasteiger partial charge in [0.2, 0.25) is 0 Å². The Hall–Kier alpha value is 3.48. The molecule has 0 aromatic heterocycles. The molecule has 0 spiro atoms. The van der Waals surface area contributed by atoms with Crippen molar-refractivity contribution in [3.05, 3.63) is 0 Å². The average molecular weight is 157 g/mol. The fourth-order valence-corrected chi connectivity index (χ4v) is 0. The molecule has 0 aromatic rings. The summed E-state index contributed by atoms with van der Waals surface area (Å²) in [6.07, 6.45) is 0. The minimum atomic E-state index is 0. The van der Waals surface area contributed by atoms with E-state index < -0.39 is 0 Å². The van der Waals surface area contributed by atoms with Gasteiger partial charge in [-0.3, -0.25) is 0 Å². The molecular weight excluding hydrogens is 151 g/mol. The van der Waals surface area contributed by atoms with E-state index >= 15 is 0 Å². The molecular formula is H6AlLiMgScTi. The maximum Gasteiger partial charge on any atom is 0.316 e. The van der Waals surface area contributed by atoms with Crippen LogP contribution in [0.3, 0.4) is 0 Å². The van der Waals surface area contributed by atoms with Crippen molar-refractivity contribution in [3.8, 4) is 0 Å². The van der Waals surface area contributed by atoms with Crippen molar-refractivity contribution in [1.29, 1.82) is 0 Å². The molecule has 0 bridgehead atoms. The Morgan fingerprint density at radius 1 is 1.00 bits per heavy atom. The van der Waals surface area contributed by atoms with Crippen LogP contribution in [-0.4, -0.2) is 59.3 Å². The van der Waals surface area contributed by atoms with Gasteiger partial charge in [-0.1, -0.05) is 0 Å². The second-order valence-corrected chi connectivity index (χ2v) is 0. The van der Waals surface area contributed by atoms with Crippen LogP contribution < -0.4 is 0 Å². The fraction of sp³-hybridized carbons (Fsp3) is 0. The molecule has 0 unspecified atom stereocenters. The second-order valence-electron chi connectivity index (χ2n) is 0. The van der Waals surface area contributed by atoms with Gasteiger partial charge in [-0.25, -0.2) is 0 Å². The van der Waals surface area contributed by atoms with Crippen molar-refractivity contribution in [2.24, 2.45) is 0 Å². The molecule has 0 rings (SSSR count). The van der Waals surface area contributed by atoms with Crippen LogP contribution >= 0.6 is 0 Å². The second kappa shape index (κ2) is 25.9. The van der Waals surface area contributed by atoms with Gasteiger partial charge in [0.1, 0.15) is 0 Å². The zero-order valence-electron chi connectivity index (χ0n) is 1.08. The quantitative estimate of drug-likeness (QED) is 0.334. The summed E-state index contributed by atoms with van der Waals surface area (Å²) in [5, 5.41) is 0. The Morgan fingerprint density at radius 3 is 1.00 bits per heavy atom. The minimum Gasteiger partial charge on any atom is 0 e. The zero-order chi connectivity index (χ0) is 0. The van der Waals surface area contributed by atoms with E-state index in [-0.39, 0.29) is 107 Å².